The first-order valence-corrected chi connectivity index (χ1v) is 6.00. The molecule has 0 unspecified atom stereocenters. The minimum atomic E-state index is 0.629. The van der Waals surface area contributed by atoms with Gasteiger partial charge in [0.05, 0.1) is 5.01 Å². The van der Waals surface area contributed by atoms with Gasteiger partial charge < -0.3 is 4.40 Å². The number of carbonyl (C=O) groups is 1. The fourth-order valence-electron chi connectivity index (χ4n) is 1.68. The van der Waals surface area contributed by atoms with Crippen molar-refractivity contribution in [3.8, 4) is 11.4 Å². The Bertz CT molecular complexity index is 699. The van der Waals surface area contributed by atoms with Gasteiger partial charge in [-0.25, -0.2) is 9.97 Å². The molecule has 0 atom stereocenters. The van der Waals surface area contributed by atoms with E-state index < -0.39 is 0 Å². The maximum absolute atomic E-state index is 10.7. The number of aldehydes is 1. The summed E-state index contributed by atoms with van der Waals surface area (Å²) in [7, 11) is 0. The maximum atomic E-state index is 10.7. The van der Waals surface area contributed by atoms with E-state index in [1.165, 1.54) is 0 Å². The second-order valence-corrected chi connectivity index (χ2v) is 4.78. The van der Waals surface area contributed by atoms with E-state index in [1.807, 2.05) is 29.1 Å². The van der Waals surface area contributed by atoms with Gasteiger partial charge in [-0.3, -0.25) is 4.79 Å². The third-order valence-corrected chi connectivity index (χ3v) is 3.28. The molecule has 3 heterocycles. The lowest BCUT2D eigenvalue weighted by Crippen LogP contribution is -1.85. The van der Waals surface area contributed by atoms with Gasteiger partial charge in [-0.05, 0) is 19.1 Å². The largest absolute Gasteiger partial charge is 0.306 e. The zero-order chi connectivity index (χ0) is 11.8. The van der Waals surface area contributed by atoms with Gasteiger partial charge in [-0.2, -0.15) is 0 Å². The van der Waals surface area contributed by atoms with Crippen LogP contribution in [0.5, 0.6) is 0 Å². The Kier molecular flexibility index (Phi) is 2.26. The Labute approximate surface area is 102 Å². The first-order valence-electron chi connectivity index (χ1n) is 5.13. The van der Waals surface area contributed by atoms with E-state index >= 15 is 0 Å². The van der Waals surface area contributed by atoms with Crippen molar-refractivity contribution in [2.75, 3.05) is 0 Å². The van der Waals surface area contributed by atoms with E-state index in [0.29, 0.717) is 5.56 Å². The highest BCUT2D eigenvalue weighted by atomic mass is 32.1. The molecule has 0 fully saturated rings. The molecular formula is C12H9N3OS. The van der Waals surface area contributed by atoms with E-state index in [-0.39, 0.29) is 0 Å². The molecule has 5 heteroatoms. The number of pyridine rings is 1. The molecule has 0 saturated heterocycles. The van der Waals surface area contributed by atoms with Gasteiger partial charge in [-0.15, -0.1) is 11.3 Å². The summed E-state index contributed by atoms with van der Waals surface area (Å²) in [5.74, 6) is 0. The third kappa shape index (κ3) is 1.74. The number of hydrogen-bond acceptors (Lipinski definition) is 4. The molecule has 3 aromatic heterocycles. The first kappa shape index (κ1) is 10.2. The minimum absolute atomic E-state index is 0.629. The van der Waals surface area contributed by atoms with Crippen LogP contribution in [0.1, 0.15) is 15.4 Å². The molecule has 0 spiro atoms. The number of rotatable bonds is 2. The topological polar surface area (TPSA) is 47.3 Å². The molecule has 0 bridgehead atoms. The lowest BCUT2D eigenvalue weighted by atomic mass is 10.3. The number of carbonyl (C=O) groups excluding carboxylic acids is 1. The second-order valence-electron chi connectivity index (χ2n) is 3.72. The highest BCUT2D eigenvalue weighted by molar-refractivity contribution is 7.09. The minimum Gasteiger partial charge on any atom is -0.306 e. The normalized spacial score (nSPS) is 10.9. The van der Waals surface area contributed by atoms with Gasteiger partial charge in [0, 0.05) is 23.3 Å². The van der Waals surface area contributed by atoms with Crippen molar-refractivity contribution in [1.29, 1.82) is 0 Å². The lowest BCUT2D eigenvalue weighted by molar-refractivity contribution is 0.112. The Balaban J connectivity index is 2.16. The predicted molar refractivity (Wildman–Crippen MR) is 66.4 cm³/mol. The molecular weight excluding hydrogens is 234 g/mol. The molecule has 17 heavy (non-hydrogen) atoms. The van der Waals surface area contributed by atoms with Crippen LogP contribution in [0, 0.1) is 6.92 Å². The fourth-order valence-corrected chi connectivity index (χ4v) is 2.28. The Morgan fingerprint density at radius 1 is 1.35 bits per heavy atom. The van der Waals surface area contributed by atoms with Gasteiger partial charge in [-0.1, -0.05) is 0 Å². The first-order chi connectivity index (χ1) is 8.26. The van der Waals surface area contributed by atoms with Crippen molar-refractivity contribution in [2.45, 2.75) is 6.92 Å². The average Bonchev–Trinajstić information content (AvgIpc) is 2.93. The maximum Gasteiger partial charge on any atom is 0.150 e. The van der Waals surface area contributed by atoms with E-state index in [1.54, 1.807) is 23.5 Å². The average molecular weight is 243 g/mol. The van der Waals surface area contributed by atoms with Crippen LogP contribution in [-0.2, 0) is 0 Å². The lowest BCUT2D eigenvalue weighted by Gasteiger charge is -1.91. The summed E-state index contributed by atoms with van der Waals surface area (Å²) in [6.07, 6.45) is 4.56. The van der Waals surface area contributed by atoms with Gasteiger partial charge in [0.25, 0.3) is 0 Å². The molecule has 3 aromatic rings. The monoisotopic (exact) mass is 243 g/mol. The number of nitrogens with zero attached hydrogens (tertiary/aromatic N) is 3. The van der Waals surface area contributed by atoms with Crippen LogP contribution in [-0.4, -0.2) is 20.7 Å². The van der Waals surface area contributed by atoms with Crippen LogP contribution in [0.25, 0.3) is 17.0 Å². The predicted octanol–water partition coefficient (Wildman–Crippen LogP) is 2.58. The Hall–Kier alpha value is -2.01. The summed E-state index contributed by atoms with van der Waals surface area (Å²) >= 11 is 1.60. The standard InChI is InChI=1S/C12H9N3OS/c1-8-13-11(7-17-8)10-5-15-3-2-9(6-16)4-12(15)14-10/h2-7H,1H3. The second kappa shape index (κ2) is 3.78. The Morgan fingerprint density at radius 2 is 2.24 bits per heavy atom. The van der Waals surface area contributed by atoms with Crippen LogP contribution in [0.2, 0.25) is 0 Å². The van der Waals surface area contributed by atoms with Gasteiger partial charge in [0.2, 0.25) is 0 Å². The van der Waals surface area contributed by atoms with Gasteiger partial charge >= 0.3 is 0 Å². The molecule has 0 aliphatic heterocycles. The summed E-state index contributed by atoms with van der Waals surface area (Å²) in [5, 5.41) is 3.00. The summed E-state index contributed by atoms with van der Waals surface area (Å²) in [4.78, 5) is 19.5. The third-order valence-electron chi connectivity index (χ3n) is 2.50. The van der Waals surface area contributed by atoms with E-state index in [0.717, 1.165) is 28.3 Å². The SMILES string of the molecule is Cc1nc(-c2cn3ccc(C=O)cc3n2)cs1. The highest BCUT2D eigenvalue weighted by Crippen LogP contribution is 2.21. The van der Waals surface area contributed by atoms with Crippen LogP contribution in [0.3, 0.4) is 0 Å². The molecule has 0 aromatic carbocycles. The number of hydrogen-bond donors (Lipinski definition) is 0. The molecule has 0 aliphatic carbocycles. The summed E-state index contributed by atoms with van der Waals surface area (Å²) in [5.41, 5.74) is 3.10. The van der Waals surface area contributed by atoms with E-state index in [2.05, 4.69) is 9.97 Å². The van der Waals surface area contributed by atoms with Crippen molar-refractivity contribution < 1.29 is 4.79 Å². The quantitative estimate of drug-likeness (QED) is 0.650. The van der Waals surface area contributed by atoms with Crippen molar-refractivity contribution in [1.82, 2.24) is 14.4 Å². The number of thiazole rings is 1. The van der Waals surface area contributed by atoms with Crippen LogP contribution < -0.4 is 0 Å². The smallest absolute Gasteiger partial charge is 0.150 e. The highest BCUT2D eigenvalue weighted by Gasteiger charge is 2.07. The number of aromatic nitrogens is 3. The van der Waals surface area contributed by atoms with Crippen LogP contribution >= 0.6 is 11.3 Å². The van der Waals surface area contributed by atoms with Crippen molar-refractivity contribution >= 4 is 23.3 Å². The summed E-state index contributed by atoms with van der Waals surface area (Å²) in [6.45, 7) is 1.97. The van der Waals surface area contributed by atoms with Crippen molar-refractivity contribution in [3.05, 3.63) is 40.5 Å². The van der Waals surface area contributed by atoms with Crippen molar-refractivity contribution in [2.24, 2.45) is 0 Å². The number of aryl methyl sites for hydroxylation is 1. The van der Waals surface area contributed by atoms with Gasteiger partial charge in [0.1, 0.15) is 23.3 Å². The number of imidazole rings is 1. The summed E-state index contributed by atoms with van der Waals surface area (Å²) < 4.78 is 1.89. The molecule has 3 rings (SSSR count). The van der Waals surface area contributed by atoms with E-state index in [4.69, 9.17) is 0 Å². The molecule has 0 radical (unpaired) electrons. The molecule has 84 valence electrons. The zero-order valence-corrected chi connectivity index (χ0v) is 9.94. The zero-order valence-electron chi connectivity index (χ0n) is 9.12. The molecule has 0 saturated carbocycles. The molecule has 0 aliphatic rings. The molecule has 0 N–H and O–H groups in total. The molecule has 4 nitrogen and oxygen atoms in total. The molecule has 0 amide bonds. The number of fused-ring (bicyclic) bond motifs is 1. The fraction of sp³-hybridized carbons (Fsp3) is 0.0833. The van der Waals surface area contributed by atoms with Crippen LogP contribution in [0.4, 0.5) is 0 Å². The van der Waals surface area contributed by atoms with Crippen LogP contribution in [0.15, 0.2) is 29.9 Å². The summed E-state index contributed by atoms with van der Waals surface area (Å²) in [6, 6.07) is 3.52. The van der Waals surface area contributed by atoms with Gasteiger partial charge in [0.15, 0.2) is 0 Å². The van der Waals surface area contributed by atoms with E-state index in [9.17, 15) is 4.79 Å². The van der Waals surface area contributed by atoms with Crippen molar-refractivity contribution in [3.63, 3.8) is 0 Å². The Morgan fingerprint density at radius 3 is 2.94 bits per heavy atom.